The fourth-order valence-corrected chi connectivity index (χ4v) is 8.03. The quantitative estimate of drug-likeness (QED) is 0.154. The van der Waals surface area contributed by atoms with Gasteiger partial charge in [0.2, 0.25) is 0 Å². The predicted molar refractivity (Wildman–Crippen MR) is 221 cm³/mol. The van der Waals surface area contributed by atoms with E-state index in [2.05, 4.69) is 205 Å². The zero-order valence-corrected chi connectivity index (χ0v) is 28.8. The Kier molecular flexibility index (Phi) is 7.43. The van der Waals surface area contributed by atoms with Gasteiger partial charge in [0, 0.05) is 29.4 Å². The van der Waals surface area contributed by atoms with Crippen LogP contribution in [-0.4, -0.2) is 0 Å². The van der Waals surface area contributed by atoms with Crippen molar-refractivity contribution in [1.82, 2.24) is 0 Å². The van der Waals surface area contributed by atoms with Crippen molar-refractivity contribution in [1.29, 1.82) is 0 Å². The van der Waals surface area contributed by atoms with E-state index in [0.717, 1.165) is 23.5 Å². The van der Waals surface area contributed by atoms with Crippen LogP contribution in [-0.2, 0) is 0 Å². The smallest absolute Gasteiger partial charge is 0.0462 e. The van der Waals surface area contributed by atoms with Gasteiger partial charge < -0.3 is 4.90 Å². The molecule has 245 valence electrons. The fraction of sp³-hybridized carbons (Fsp3) is 0.0392. The van der Waals surface area contributed by atoms with E-state index in [0.29, 0.717) is 5.92 Å². The monoisotopic (exact) mass is 662 g/mol. The highest BCUT2D eigenvalue weighted by Gasteiger charge is 2.27. The average Bonchev–Trinajstić information content (AvgIpc) is 4.04. The van der Waals surface area contributed by atoms with Gasteiger partial charge in [-0.05, 0) is 127 Å². The number of rotatable bonds is 7. The second-order valence-corrected chi connectivity index (χ2v) is 13.9. The number of anilines is 3. The SMILES string of the molecule is [CH]1c2c1c1c(-c3ccccc3)cc(-c3ccc(N(c4ccccc4)c4ccc(-c5ccc(C6C=CC=CC6)cc5)cc4)cc3)cc1c1ccccc21. The van der Waals surface area contributed by atoms with Crippen molar-refractivity contribution in [3.05, 3.63) is 217 Å². The summed E-state index contributed by atoms with van der Waals surface area (Å²) in [6, 6.07) is 62.2. The van der Waals surface area contributed by atoms with Gasteiger partial charge in [0.05, 0.1) is 0 Å². The number of hydrogen-bond donors (Lipinski definition) is 0. The number of para-hydroxylation sites is 1. The molecule has 0 saturated heterocycles. The molecule has 10 rings (SSSR count). The van der Waals surface area contributed by atoms with Gasteiger partial charge in [0.25, 0.3) is 0 Å². The summed E-state index contributed by atoms with van der Waals surface area (Å²) in [5.74, 6) is 0.462. The van der Waals surface area contributed by atoms with E-state index in [1.165, 1.54) is 71.6 Å². The highest BCUT2D eigenvalue weighted by molar-refractivity contribution is 6.20. The Balaban J connectivity index is 1.02. The lowest BCUT2D eigenvalue weighted by Crippen LogP contribution is -2.09. The maximum atomic E-state index is 2.40. The van der Waals surface area contributed by atoms with E-state index >= 15 is 0 Å². The number of fused-ring (bicyclic) bond motifs is 6. The predicted octanol–water partition coefficient (Wildman–Crippen LogP) is 14.0. The van der Waals surface area contributed by atoms with Crippen molar-refractivity contribution in [2.24, 2.45) is 0 Å². The molecule has 0 saturated carbocycles. The van der Waals surface area contributed by atoms with E-state index < -0.39 is 0 Å². The van der Waals surface area contributed by atoms with E-state index in [-0.39, 0.29) is 0 Å². The van der Waals surface area contributed by atoms with Gasteiger partial charge in [-0.3, -0.25) is 0 Å². The zero-order valence-electron chi connectivity index (χ0n) is 28.8. The summed E-state index contributed by atoms with van der Waals surface area (Å²) < 4.78 is 0. The molecule has 1 atom stereocenters. The van der Waals surface area contributed by atoms with Crippen LogP contribution in [0, 0.1) is 6.42 Å². The average molecular weight is 663 g/mol. The van der Waals surface area contributed by atoms with Gasteiger partial charge >= 0.3 is 0 Å². The topological polar surface area (TPSA) is 3.24 Å². The molecule has 1 unspecified atom stereocenters. The third-order valence-electron chi connectivity index (χ3n) is 10.7. The van der Waals surface area contributed by atoms with E-state index in [9.17, 15) is 0 Å². The Morgan fingerprint density at radius 3 is 1.65 bits per heavy atom. The lowest BCUT2D eigenvalue weighted by atomic mass is 9.90. The molecule has 0 bridgehead atoms. The summed E-state index contributed by atoms with van der Waals surface area (Å²) in [7, 11) is 0. The molecule has 0 heterocycles. The van der Waals surface area contributed by atoms with Gasteiger partial charge in [-0.1, -0.05) is 146 Å². The number of hydrogen-bond acceptors (Lipinski definition) is 1. The largest absolute Gasteiger partial charge is 0.311 e. The van der Waals surface area contributed by atoms with Crippen molar-refractivity contribution in [3.63, 3.8) is 0 Å². The summed E-state index contributed by atoms with van der Waals surface area (Å²) in [6.45, 7) is 0. The molecule has 8 aromatic rings. The molecule has 2 aliphatic rings. The van der Waals surface area contributed by atoms with Gasteiger partial charge in [-0.2, -0.15) is 0 Å². The van der Waals surface area contributed by atoms with Crippen LogP contribution in [0.2, 0.25) is 0 Å². The third-order valence-corrected chi connectivity index (χ3v) is 10.7. The first-order valence-corrected chi connectivity index (χ1v) is 18.2. The molecule has 0 spiro atoms. The lowest BCUT2D eigenvalue weighted by molar-refractivity contribution is 0.854. The van der Waals surface area contributed by atoms with Crippen LogP contribution in [0.15, 0.2) is 194 Å². The molecule has 1 heteroatoms. The molecular formula is C51H36N. The molecular weight excluding hydrogens is 627 g/mol. The van der Waals surface area contributed by atoms with Crippen molar-refractivity contribution >= 4 is 38.6 Å². The van der Waals surface area contributed by atoms with Crippen LogP contribution >= 0.6 is 0 Å². The Bertz CT molecular complexity index is 2630. The minimum absolute atomic E-state index is 0.462. The Morgan fingerprint density at radius 2 is 1.00 bits per heavy atom. The zero-order chi connectivity index (χ0) is 34.4. The van der Waals surface area contributed by atoms with Crippen molar-refractivity contribution in [2.45, 2.75) is 12.3 Å². The first kappa shape index (κ1) is 30.4. The maximum Gasteiger partial charge on any atom is 0.0462 e. The first-order valence-electron chi connectivity index (χ1n) is 18.2. The normalized spacial score (nSPS) is 14.4. The standard InChI is InChI=1S/C51H36N/c1-4-12-35(13-5-1)36-20-22-37(23-21-36)38-24-28-43(29-25-38)52(42-16-8-3-9-17-42)44-30-26-39(27-31-44)41-32-47(40-14-6-2-7-15-40)51-49(33-41)46-19-11-10-18-45(46)48-34-50(48)51/h1-12,14-35H,13H2. The first-order chi connectivity index (χ1) is 25.8. The molecule has 1 radical (unpaired) electrons. The Morgan fingerprint density at radius 1 is 0.423 bits per heavy atom. The van der Waals surface area contributed by atoms with Crippen LogP contribution in [0.25, 0.3) is 54.9 Å². The minimum Gasteiger partial charge on any atom is -0.311 e. The summed E-state index contributed by atoms with van der Waals surface area (Å²) in [4.78, 5) is 2.34. The summed E-state index contributed by atoms with van der Waals surface area (Å²) in [5, 5.41) is 5.32. The van der Waals surface area contributed by atoms with Crippen LogP contribution in [0.3, 0.4) is 0 Å². The van der Waals surface area contributed by atoms with Gasteiger partial charge in [-0.15, -0.1) is 0 Å². The van der Waals surface area contributed by atoms with E-state index in [1.54, 1.807) is 0 Å². The molecule has 0 amide bonds. The second-order valence-electron chi connectivity index (χ2n) is 13.9. The summed E-state index contributed by atoms with van der Waals surface area (Å²) in [6.07, 6.45) is 12.2. The fourth-order valence-electron chi connectivity index (χ4n) is 8.03. The van der Waals surface area contributed by atoms with Crippen molar-refractivity contribution in [3.8, 4) is 33.4 Å². The molecule has 0 N–H and O–H groups in total. The van der Waals surface area contributed by atoms with Crippen molar-refractivity contribution in [2.75, 3.05) is 4.90 Å². The molecule has 0 aromatic heterocycles. The molecule has 1 nitrogen and oxygen atoms in total. The van der Waals surface area contributed by atoms with Gasteiger partial charge in [-0.25, -0.2) is 0 Å². The van der Waals surface area contributed by atoms with Gasteiger partial charge in [0.1, 0.15) is 0 Å². The molecule has 0 fully saturated rings. The minimum atomic E-state index is 0.462. The highest BCUT2D eigenvalue weighted by Crippen LogP contribution is 2.49. The molecule has 8 aromatic carbocycles. The highest BCUT2D eigenvalue weighted by atomic mass is 15.1. The lowest BCUT2D eigenvalue weighted by Gasteiger charge is -2.26. The number of benzene rings is 8. The van der Waals surface area contributed by atoms with Crippen LogP contribution < -0.4 is 4.90 Å². The molecule has 2 aliphatic carbocycles. The maximum absolute atomic E-state index is 2.40. The van der Waals surface area contributed by atoms with Gasteiger partial charge in [0.15, 0.2) is 0 Å². The Labute approximate surface area is 305 Å². The van der Waals surface area contributed by atoms with Crippen molar-refractivity contribution < 1.29 is 0 Å². The van der Waals surface area contributed by atoms with E-state index in [4.69, 9.17) is 0 Å². The number of nitrogens with zero attached hydrogens (tertiary/aromatic N) is 1. The van der Waals surface area contributed by atoms with Crippen LogP contribution in [0.5, 0.6) is 0 Å². The van der Waals surface area contributed by atoms with Crippen LogP contribution in [0.1, 0.15) is 29.0 Å². The summed E-state index contributed by atoms with van der Waals surface area (Å²) >= 11 is 0. The van der Waals surface area contributed by atoms with E-state index in [1.807, 2.05) is 0 Å². The Hall–Kier alpha value is -6.44. The molecule has 0 aliphatic heterocycles. The third kappa shape index (κ3) is 5.43. The second kappa shape index (κ2) is 12.7. The number of allylic oxidation sites excluding steroid dienone is 4. The van der Waals surface area contributed by atoms with Crippen LogP contribution in [0.4, 0.5) is 17.1 Å². The summed E-state index contributed by atoms with van der Waals surface area (Å²) in [5.41, 5.74) is 14.9. The molecule has 52 heavy (non-hydrogen) atoms.